The molecule has 3 heteroatoms. The van der Waals surface area contributed by atoms with Gasteiger partial charge in [0.25, 0.3) is 0 Å². The number of aryl methyl sites for hydroxylation is 2. The van der Waals surface area contributed by atoms with Gasteiger partial charge in [-0.3, -0.25) is 0 Å². The molecule has 0 radical (unpaired) electrons. The predicted octanol–water partition coefficient (Wildman–Crippen LogP) is 1.51. The van der Waals surface area contributed by atoms with E-state index in [0.717, 1.165) is 18.7 Å². The summed E-state index contributed by atoms with van der Waals surface area (Å²) in [5.74, 6) is 0.882. The number of hydrogen-bond acceptors (Lipinski definition) is 3. The summed E-state index contributed by atoms with van der Waals surface area (Å²) in [6.07, 6.45) is 3.43. The van der Waals surface area contributed by atoms with Gasteiger partial charge in [0, 0.05) is 17.7 Å². The Labute approximate surface area is 91.1 Å². The second kappa shape index (κ2) is 3.56. The fraction of sp³-hybridized carbons (Fsp3) is 0.667. The van der Waals surface area contributed by atoms with Crippen molar-refractivity contribution in [3.8, 4) is 0 Å². The zero-order valence-electron chi connectivity index (χ0n) is 9.80. The minimum Gasteiger partial charge on any atom is -0.330 e. The molecule has 0 saturated heterocycles. The molecule has 1 aromatic heterocycles. The molecule has 1 heterocycles. The Morgan fingerprint density at radius 2 is 2.00 bits per heavy atom. The van der Waals surface area contributed by atoms with Gasteiger partial charge in [-0.15, -0.1) is 0 Å². The molecule has 2 rings (SSSR count). The second-order valence-corrected chi connectivity index (χ2v) is 4.99. The highest BCUT2D eigenvalue weighted by Crippen LogP contribution is 2.30. The Balaban J connectivity index is 2.56. The minimum absolute atomic E-state index is 0.0257. The van der Waals surface area contributed by atoms with Crippen molar-refractivity contribution in [3.05, 3.63) is 22.8 Å². The molecule has 15 heavy (non-hydrogen) atoms. The van der Waals surface area contributed by atoms with E-state index in [1.54, 1.807) is 0 Å². The lowest BCUT2D eigenvalue weighted by molar-refractivity contribution is 0.512. The molecule has 1 aromatic rings. The predicted molar refractivity (Wildman–Crippen MR) is 60.9 cm³/mol. The van der Waals surface area contributed by atoms with Crippen LogP contribution in [0.5, 0.6) is 0 Å². The van der Waals surface area contributed by atoms with Crippen LogP contribution in [0.3, 0.4) is 0 Å². The maximum Gasteiger partial charge on any atom is 0.125 e. The average molecular weight is 205 g/mol. The highest BCUT2D eigenvalue weighted by molar-refractivity contribution is 5.34. The van der Waals surface area contributed by atoms with Crippen LogP contribution in [0.2, 0.25) is 0 Å². The van der Waals surface area contributed by atoms with Crippen molar-refractivity contribution in [2.45, 2.75) is 45.4 Å². The molecule has 3 nitrogen and oxygen atoms in total. The molecule has 0 unspecified atom stereocenters. The summed E-state index contributed by atoms with van der Waals surface area (Å²) in [7, 11) is 0. The van der Waals surface area contributed by atoms with Crippen molar-refractivity contribution in [3.63, 3.8) is 0 Å². The van der Waals surface area contributed by atoms with Gasteiger partial charge < -0.3 is 5.73 Å². The Hall–Kier alpha value is -0.960. The lowest BCUT2D eigenvalue weighted by atomic mass is 9.86. The fourth-order valence-corrected chi connectivity index (χ4v) is 2.21. The molecular formula is C12H19N3. The van der Waals surface area contributed by atoms with E-state index in [1.807, 2.05) is 6.92 Å². The molecule has 0 bridgehead atoms. The van der Waals surface area contributed by atoms with Crippen molar-refractivity contribution in [2.75, 3.05) is 6.54 Å². The zero-order chi connectivity index (χ0) is 11.1. The van der Waals surface area contributed by atoms with E-state index >= 15 is 0 Å². The molecule has 0 amide bonds. The summed E-state index contributed by atoms with van der Waals surface area (Å²) < 4.78 is 0. The molecule has 82 valence electrons. The lowest BCUT2D eigenvalue weighted by Crippen LogP contribution is -2.31. The molecule has 0 spiro atoms. The third kappa shape index (κ3) is 1.76. The highest BCUT2D eigenvalue weighted by atomic mass is 14.9. The molecule has 0 aromatic carbocycles. The van der Waals surface area contributed by atoms with Gasteiger partial charge in [-0.05, 0) is 31.7 Å². The van der Waals surface area contributed by atoms with Gasteiger partial charge in [0.1, 0.15) is 5.82 Å². The monoisotopic (exact) mass is 205 g/mol. The topological polar surface area (TPSA) is 51.8 Å². The van der Waals surface area contributed by atoms with E-state index in [-0.39, 0.29) is 5.41 Å². The molecule has 1 aliphatic carbocycles. The van der Waals surface area contributed by atoms with Crippen LogP contribution < -0.4 is 5.73 Å². The van der Waals surface area contributed by atoms with Crippen LogP contribution in [0.25, 0.3) is 0 Å². The first-order valence-corrected chi connectivity index (χ1v) is 5.61. The molecule has 0 saturated carbocycles. The zero-order valence-corrected chi connectivity index (χ0v) is 9.80. The van der Waals surface area contributed by atoms with E-state index in [1.165, 1.54) is 23.4 Å². The van der Waals surface area contributed by atoms with Gasteiger partial charge in [-0.25, -0.2) is 9.97 Å². The van der Waals surface area contributed by atoms with E-state index in [9.17, 15) is 0 Å². The Bertz CT molecular complexity index is 383. The average Bonchev–Trinajstić information content (AvgIpc) is 2.63. The van der Waals surface area contributed by atoms with E-state index in [0.29, 0.717) is 6.54 Å². The first kappa shape index (κ1) is 10.6. The van der Waals surface area contributed by atoms with Crippen LogP contribution in [0.1, 0.15) is 43.0 Å². The van der Waals surface area contributed by atoms with Crippen LogP contribution in [0.4, 0.5) is 0 Å². The number of nitrogens with zero attached hydrogens (tertiary/aromatic N) is 2. The van der Waals surface area contributed by atoms with Crippen LogP contribution in [-0.2, 0) is 18.3 Å². The maximum atomic E-state index is 5.82. The van der Waals surface area contributed by atoms with Crippen molar-refractivity contribution in [1.82, 2.24) is 9.97 Å². The first-order chi connectivity index (χ1) is 7.04. The third-order valence-electron chi connectivity index (χ3n) is 3.20. The van der Waals surface area contributed by atoms with Crippen LogP contribution >= 0.6 is 0 Å². The number of nitrogens with two attached hydrogens (primary N) is 1. The van der Waals surface area contributed by atoms with Gasteiger partial charge >= 0.3 is 0 Å². The van der Waals surface area contributed by atoms with Crippen molar-refractivity contribution >= 4 is 0 Å². The lowest BCUT2D eigenvalue weighted by Gasteiger charge is -2.24. The molecule has 0 fully saturated rings. The summed E-state index contributed by atoms with van der Waals surface area (Å²) in [6.45, 7) is 6.92. The maximum absolute atomic E-state index is 5.82. The number of hydrogen-bond donors (Lipinski definition) is 1. The quantitative estimate of drug-likeness (QED) is 0.796. The highest BCUT2D eigenvalue weighted by Gasteiger charge is 2.28. The molecule has 2 N–H and O–H groups in total. The fourth-order valence-electron chi connectivity index (χ4n) is 2.21. The minimum atomic E-state index is -0.0257. The molecule has 0 aliphatic heterocycles. The Kier molecular flexibility index (Phi) is 2.51. The summed E-state index contributed by atoms with van der Waals surface area (Å²) in [5.41, 5.74) is 9.57. The summed E-state index contributed by atoms with van der Waals surface area (Å²) in [4.78, 5) is 9.11. The SMILES string of the molecule is Cc1nc2c(c(C(C)(C)CN)n1)CCC2. The van der Waals surface area contributed by atoms with Gasteiger partial charge in [0.2, 0.25) is 0 Å². The van der Waals surface area contributed by atoms with Crippen LogP contribution in [0, 0.1) is 6.92 Å². The third-order valence-corrected chi connectivity index (χ3v) is 3.20. The van der Waals surface area contributed by atoms with Gasteiger partial charge in [0.05, 0.1) is 5.69 Å². The second-order valence-electron chi connectivity index (χ2n) is 4.99. The Morgan fingerprint density at radius 1 is 1.27 bits per heavy atom. The Morgan fingerprint density at radius 3 is 2.67 bits per heavy atom. The summed E-state index contributed by atoms with van der Waals surface area (Å²) >= 11 is 0. The van der Waals surface area contributed by atoms with Gasteiger partial charge in [-0.1, -0.05) is 13.8 Å². The largest absolute Gasteiger partial charge is 0.330 e. The first-order valence-electron chi connectivity index (χ1n) is 5.61. The van der Waals surface area contributed by atoms with Gasteiger partial charge in [0.15, 0.2) is 0 Å². The molecular weight excluding hydrogens is 186 g/mol. The summed E-state index contributed by atoms with van der Waals surface area (Å²) in [6, 6.07) is 0. The number of aromatic nitrogens is 2. The number of rotatable bonds is 2. The molecule has 1 aliphatic rings. The molecule has 0 atom stereocenters. The van der Waals surface area contributed by atoms with Crippen molar-refractivity contribution in [2.24, 2.45) is 5.73 Å². The van der Waals surface area contributed by atoms with Crippen LogP contribution in [-0.4, -0.2) is 16.5 Å². The number of fused-ring (bicyclic) bond motifs is 1. The normalized spacial score (nSPS) is 15.5. The smallest absolute Gasteiger partial charge is 0.125 e. The van der Waals surface area contributed by atoms with Crippen molar-refractivity contribution in [1.29, 1.82) is 0 Å². The summed E-state index contributed by atoms with van der Waals surface area (Å²) in [5, 5.41) is 0. The van der Waals surface area contributed by atoms with E-state index < -0.39 is 0 Å². The standard InChI is InChI=1S/C12H19N3/c1-8-14-10-6-4-5-9(10)11(15-8)12(2,3)7-13/h4-7,13H2,1-3H3. The van der Waals surface area contributed by atoms with E-state index in [2.05, 4.69) is 23.8 Å². The van der Waals surface area contributed by atoms with Gasteiger partial charge in [-0.2, -0.15) is 0 Å². The van der Waals surface area contributed by atoms with Crippen molar-refractivity contribution < 1.29 is 0 Å². The van der Waals surface area contributed by atoms with E-state index in [4.69, 9.17) is 5.73 Å². The van der Waals surface area contributed by atoms with Crippen LogP contribution in [0.15, 0.2) is 0 Å².